The Bertz CT molecular complexity index is 569. The summed E-state index contributed by atoms with van der Waals surface area (Å²) in [5.41, 5.74) is 5.77. The molecule has 0 aliphatic heterocycles. The molecule has 3 N–H and O–H groups in total. The molecule has 0 radical (unpaired) electrons. The SMILES string of the molecule is CCCCCCCC[C@@H](NC(=O)c1ccc(OC(C)=O)cc1)C(N)=O. The molecular formula is C19H28N2O4. The molecule has 0 saturated carbocycles. The molecule has 0 saturated heterocycles. The zero-order valence-electron chi connectivity index (χ0n) is 15.0. The topological polar surface area (TPSA) is 98.5 Å². The van der Waals surface area contributed by atoms with Crippen LogP contribution in [-0.2, 0) is 9.59 Å². The fourth-order valence-corrected chi connectivity index (χ4v) is 2.50. The van der Waals surface area contributed by atoms with Crippen LogP contribution in [0.15, 0.2) is 24.3 Å². The number of nitrogens with one attached hydrogen (secondary N) is 1. The van der Waals surface area contributed by atoms with E-state index in [9.17, 15) is 14.4 Å². The fraction of sp³-hybridized carbons (Fsp3) is 0.526. The van der Waals surface area contributed by atoms with E-state index in [1.807, 2.05) is 0 Å². The van der Waals surface area contributed by atoms with E-state index in [0.717, 1.165) is 19.3 Å². The molecule has 1 rings (SSSR count). The molecule has 0 aliphatic rings. The average molecular weight is 348 g/mol. The maximum Gasteiger partial charge on any atom is 0.308 e. The number of nitrogens with two attached hydrogens (primary N) is 1. The second-order valence-corrected chi connectivity index (χ2v) is 6.10. The maximum absolute atomic E-state index is 12.2. The smallest absolute Gasteiger partial charge is 0.308 e. The van der Waals surface area contributed by atoms with Crippen LogP contribution in [0, 0.1) is 0 Å². The number of ether oxygens (including phenoxy) is 1. The van der Waals surface area contributed by atoms with Gasteiger partial charge in [-0.3, -0.25) is 14.4 Å². The Morgan fingerprint density at radius 3 is 2.20 bits per heavy atom. The van der Waals surface area contributed by atoms with Gasteiger partial charge in [0.05, 0.1) is 0 Å². The second-order valence-electron chi connectivity index (χ2n) is 6.10. The highest BCUT2D eigenvalue weighted by atomic mass is 16.5. The van der Waals surface area contributed by atoms with Crippen LogP contribution in [0.3, 0.4) is 0 Å². The number of carbonyl (C=O) groups excluding carboxylic acids is 3. The minimum atomic E-state index is -0.674. The van der Waals surface area contributed by atoms with E-state index in [1.54, 1.807) is 0 Å². The van der Waals surface area contributed by atoms with Crippen molar-refractivity contribution in [2.45, 2.75) is 64.8 Å². The Morgan fingerprint density at radius 2 is 1.64 bits per heavy atom. The van der Waals surface area contributed by atoms with Crippen LogP contribution in [-0.4, -0.2) is 23.8 Å². The van der Waals surface area contributed by atoms with Crippen molar-refractivity contribution in [3.8, 4) is 5.75 Å². The summed E-state index contributed by atoms with van der Waals surface area (Å²) in [6.45, 7) is 3.47. The molecule has 1 atom stereocenters. The zero-order valence-corrected chi connectivity index (χ0v) is 15.0. The van der Waals surface area contributed by atoms with Crippen LogP contribution < -0.4 is 15.8 Å². The van der Waals surface area contributed by atoms with Crippen LogP contribution in [0.5, 0.6) is 5.75 Å². The first-order valence-electron chi connectivity index (χ1n) is 8.82. The van der Waals surface area contributed by atoms with E-state index in [0.29, 0.717) is 17.7 Å². The molecule has 1 aromatic rings. The Hall–Kier alpha value is -2.37. The first-order chi connectivity index (χ1) is 11.9. The van der Waals surface area contributed by atoms with Gasteiger partial charge in [-0.1, -0.05) is 45.4 Å². The lowest BCUT2D eigenvalue weighted by Crippen LogP contribution is -2.44. The van der Waals surface area contributed by atoms with Crippen molar-refractivity contribution in [2.75, 3.05) is 0 Å². The molecule has 25 heavy (non-hydrogen) atoms. The third-order valence-corrected chi connectivity index (χ3v) is 3.87. The second kappa shape index (κ2) is 11.2. The summed E-state index contributed by atoms with van der Waals surface area (Å²) in [6.07, 6.45) is 7.15. The number of carbonyl (C=O) groups is 3. The van der Waals surface area contributed by atoms with Gasteiger partial charge in [0, 0.05) is 12.5 Å². The zero-order chi connectivity index (χ0) is 18.7. The van der Waals surface area contributed by atoms with Gasteiger partial charge in [-0.15, -0.1) is 0 Å². The first kappa shape index (κ1) is 20.7. The monoisotopic (exact) mass is 348 g/mol. The molecule has 2 amide bonds. The van der Waals surface area contributed by atoms with Gasteiger partial charge in [0.2, 0.25) is 5.91 Å². The standard InChI is InChI=1S/C19H28N2O4/c1-3-4-5-6-7-8-9-17(18(20)23)21-19(24)15-10-12-16(13-11-15)25-14(2)22/h10-13,17H,3-9H2,1-2H3,(H2,20,23)(H,21,24)/t17-/m1/s1. The molecule has 6 nitrogen and oxygen atoms in total. The van der Waals surface area contributed by atoms with Crippen molar-refractivity contribution in [1.82, 2.24) is 5.32 Å². The minimum Gasteiger partial charge on any atom is -0.427 e. The predicted molar refractivity (Wildman–Crippen MR) is 96.2 cm³/mol. The molecule has 138 valence electrons. The molecule has 1 aromatic carbocycles. The number of unbranched alkanes of at least 4 members (excludes halogenated alkanes) is 5. The summed E-state index contributed by atoms with van der Waals surface area (Å²) >= 11 is 0. The van der Waals surface area contributed by atoms with Gasteiger partial charge in [-0.05, 0) is 30.7 Å². The molecule has 0 heterocycles. The molecule has 0 bridgehead atoms. The highest BCUT2D eigenvalue weighted by molar-refractivity contribution is 5.97. The fourth-order valence-electron chi connectivity index (χ4n) is 2.50. The van der Waals surface area contributed by atoms with Gasteiger partial charge >= 0.3 is 5.97 Å². The Labute approximate surface area is 149 Å². The van der Waals surface area contributed by atoms with Crippen LogP contribution in [0.4, 0.5) is 0 Å². The van der Waals surface area contributed by atoms with E-state index in [1.165, 1.54) is 50.5 Å². The third-order valence-electron chi connectivity index (χ3n) is 3.87. The molecular weight excluding hydrogens is 320 g/mol. The Morgan fingerprint density at radius 1 is 1.04 bits per heavy atom. The quantitative estimate of drug-likeness (QED) is 0.365. The normalized spacial score (nSPS) is 11.6. The van der Waals surface area contributed by atoms with Gasteiger partial charge in [-0.25, -0.2) is 0 Å². The summed E-state index contributed by atoms with van der Waals surface area (Å²) in [5.74, 6) is -0.963. The van der Waals surface area contributed by atoms with E-state index in [2.05, 4.69) is 12.2 Å². The number of benzene rings is 1. The number of rotatable bonds is 11. The van der Waals surface area contributed by atoms with Crippen molar-refractivity contribution in [1.29, 1.82) is 0 Å². The molecule has 0 unspecified atom stereocenters. The number of esters is 1. The number of hydrogen-bond acceptors (Lipinski definition) is 4. The van der Waals surface area contributed by atoms with Gasteiger partial charge < -0.3 is 15.8 Å². The molecule has 0 fully saturated rings. The summed E-state index contributed by atoms with van der Waals surface area (Å²) < 4.78 is 4.92. The molecule has 6 heteroatoms. The van der Waals surface area contributed by atoms with Gasteiger partial charge in [0.1, 0.15) is 11.8 Å². The summed E-state index contributed by atoms with van der Waals surface area (Å²) in [4.78, 5) is 34.7. The molecule has 0 aromatic heterocycles. The van der Waals surface area contributed by atoms with Crippen LogP contribution >= 0.6 is 0 Å². The van der Waals surface area contributed by atoms with E-state index < -0.39 is 17.9 Å². The number of primary amides is 1. The maximum atomic E-state index is 12.2. The number of amides is 2. The van der Waals surface area contributed by atoms with Crippen LogP contribution in [0.1, 0.15) is 69.2 Å². The lowest BCUT2D eigenvalue weighted by Gasteiger charge is -2.15. The van der Waals surface area contributed by atoms with E-state index in [-0.39, 0.29) is 5.91 Å². The highest BCUT2D eigenvalue weighted by Gasteiger charge is 2.18. The molecule has 0 spiro atoms. The summed E-state index contributed by atoms with van der Waals surface area (Å²) in [7, 11) is 0. The lowest BCUT2D eigenvalue weighted by molar-refractivity contribution is -0.131. The Balaban J connectivity index is 2.49. The third kappa shape index (κ3) is 8.33. The van der Waals surface area contributed by atoms with Gasteiger partial charge in [-0.2, -0.15) is 0 Å². The van der Waals surface area contributed by atoms with E-state index >= 15 is 0 Å². The van der Waals surface area contributed by atoms with Crippen molar-refractivity contribution in [3.63, 3.8) is 0 Å². The minimum absolute atomic E-state index is 0.364. The van der Waals surface area contributed by atoms with Crippen LogP contribution in [0.25, 0.3) is 0 Å². The van der Waals surface area contributed by atoms with Crippen molar-refractivity contribution >= 4 is 17.8 Å². The number of hydrogen-bond donors (Lipinski definition) is 2. The van der Waals surface area contributed by atoms with Gasteiger partial charge in [0.15, 0.2) is 0 Å². The van der Waals surface area contributed by atoms with Gasteiger partial charge in [0.25, 0.3) is 5.91 Å². The van der Waals surface area contributed by atoms with Crippen molar-refractivity contribution in [3.05, 3.63) is 29.8 Å². The van der Waals surface area contributed by atoms with Crippen molar-refractivity contribution < 1.29 is 19.1 Å². The highest BCUT2D eigenvalue weighted by Crippen LogP contribution is 2.13. The van der Waals surface area contributed by atoms with E-state index in [4.69, 9.17) is 10.5 Å². The summed E-state index contributed by atoms with van der Waals surface area (Å²) in [5, 5.41) is 2.67. The predicted octanol–water partition coefficient (Wildman–Crippen LogP) is 2.95. The lowest BCUT2D eigenvalue weighted by atomic mass is 10.0. The van der Waals surface area contributed by atoms with Crippen LogP contribution in [0.2, 0.25) is 0 Å². The van der Waals surface area contributed by atoms with Crippen molar-refractivity contribution in [2.24, 2.45) is 5.73 Å². The Kier molecular flexibility index (Phi) is 9.29. The first-order valence-corrected chi connectivity index (χ1v) is 8.82. The average Bonchev–Trinajstić information content (AvgIpc) is 2.56. The summed E-state index contributed by atoms with van der Waals surface area (Å²) in [6, 6.07) is 5.46. The molecule has 0 aliphatic carbocycles. The largest absolute Gasteiger partial charge is 0.427 e.